The van der Waals surface area contributed by atoms with E-state index in [1.54, 1.807) is 37.3 Å². The Balaban J connectivity index is 1.42. The quantitative estimate of drug-likeness (QED) is 0.634. The number of benzene rings is 2. The SMILES string of the molecule is COc1ccc(NC(=O)COCC(=O)N2CCN(c3ccccc3OC)CC2)c(OC)c1. The normalized spacial score (nSPS) is 13.5. The Morgan fingerprint density at radius 3 is 2.28 bits per heavy atom. The lowest BCUT2D eigenvalue weighted by Gasteiger charge is -2.36. The van der Waals surface area contributed by atoms with Crippen molar-refractivity contribution in [1.82, 2.24) is 4.90 Å². The highest BCUT2D eigenvalue weighted by molar-refractivity contribution is 5.93. The standard InChI is InChI=1S/C23H29N3O6/c1-29-17-8-9-18(21(14-17)31-3)24-22(27)15-32-16-23(28)26-12-10-25(11-13-26)19-6-4-5-7-20(19)30-2/h4-9,14H,10-13,15-16H2,1-3H3,(H,24,27). The number of rotatable bonds is 9. The van der Waals surface area contributed by atoms with E-state index >= 15 is 0 Å². The molecule has 32 heavy (non-hydrogen) atoms. The summed E-state index contributed by atoms with van der Waals surface area (Å²) in [5.41, 5.74) is 1.52. The molecule has 1 aliphatic heterocycles. The molecule has 172 valence electrons. The molecule has 0 atom stereocenters. The molecular formula is C23H29N3O6. The van der Waals surface area contributed by atoms with Crippen molar-refractivity contribution in [2.75, 3.05) is 70.9 Å². The summed E-state index contributed by atoms with van der Waals surface area (Å²) in [4.78, 5) is 28.6. The Morgan fingerprint density at radius 1 is 0.875 bits per heavy atom. The number of ether oxygens (including phenoxy) is 4. The zero-order valence-electron chi connectivity index (χ0n) is 18.6. The molecule has 0 unspecified atom stereocenters. The molecule has 1 aliphatic rings. The molecule has 2 aromatic carbocycles. The van der Waals surface area contributed by atoms with Crippen molar-refractivity contribution in [3.63, 3.8) is 0 Å². The van der Waals surface area contributed by atoms with E-state index in [0.717, 1.165) is 11.4 Å². The Morgan fingerprint density at radius 2 is 1.59 bits per heavy atom. The summed E-state index contributed by atoms with van der Waals surface area (Å²) in [6.07, 6.45) is 0. The molecule has 9 nitrogen and oxygen atoms in total. The lowest BCUT2D eigenvalue weighted by atomic mass is 10.2. The fourth-order valence-electron chi connectivity index (χ4n) is 3.50. The molecule has 1 fully saturated rings. The smallest absolute Gasteiger partial charge is 0.250 e. The number of hydrogen-bond acceptors (Lipinski definition) is 7. The van der Waals surface area contributed by atoms with E-state index in [9.17, 15) is 9.59 Å². The van der Waals surface area contributed by atoms with Crippen molar-refractivity contribution in [3.8, 4) is 17.2 Å². The third kappa shape index (κ3) is 5.82. The van der Waals surface area contributed by atoms with Crippen LogP contribution in [0.15, 0.2) is 42.5 Å². The molecule has 2 aromatic rings. The van der Waals surface area contributed by atoms with Crippen molar-refractivity contribution in [1.29, 1.82) is 0 Å². The van der Waals surface area contributed by atoms with Crippen LogP contribution in [0.25, 0.3) is 0 Å². The van der Waals surface area contributed by atoms with Crippen molar-refractivity contribution in [2.24, 2.45) is 0 Å². The molecule has 1 saturated heterocycles. The van der Waals surface area contributed by atoms with Gasteiger partial charge in [-0.2, -0.15) is 0 Å². The largest absolute Gasteiger partial charge is 0.497 e. The van der Waals surface area contributed by atoms with Crippen molar-refractivity contribution in [2.45, 2.75) is 0 Å². The second-order valence-electron chi connectivity index (χ2n) is 7.15. The average molecular weight is 444 g/mol. The molecule has 0 saturated carbocycles. The van der Waals surface area contributed by atoms with Gasteiger partial charge in [0.25, 0.3) is 0 Å². The lowest BCUT2D eigenvalue weighted by Crippen LogP contribution is -2.50. The molecule has 0 aromatic heterocycles. The number of methoxy groups -OCH3 is 3. The first-order valence-corrected chi connectivity index (χ1v) is 10.3. The van der Waals surface area contributed by atoms with Crippen LogP contribution in [0, 0.1) is 0 Å². The van der Waals surface area contributed by atoms with E-state index in [-0.39, 0.29) is 25.0 Å². The van der Waals surface area contributed by atoms with Gasteiger partial charge in [0.1, 0.15) is 30.5 Å². The van der Waals surface area contributed by atoms with Gasteiger partial charge in [-0.15, -0.1) is 0 Å². The third-order valence-corrected chi connectivity index (χ3v) is 5.20. The Kier molecular flexibility index (Phi) is 8.15. The van der Waals surface area contributed by atoms with E-state index in [0.29, 0.717) is 43.4 Å². The first-order valence-electron chi connectivity index (χ1n) is 10.3. The highest BCUT2D eigenvalue weighted by atomic mass is 16.5. The number of carbonyl (C=O) groups excluding carboxylic acids is 2. The summed E-state index contributed by atoms with van der Waals surface area (Å²) in [6, 6.07) is 12.9. The fourth-order valence-corrected chi connectivity index (χ4v) is 3.50. The van der Waals surface area contributed by atoms with Crippen LogP contribution >= 0.6 is 0 Å². The fraction of sp³-hybridized carbons (Fsp3) is 0.391. The Hall–Kier alpha value is -3.46. The number of hydrogen-bond donors (Lipinski definition) is 1. The van der Waals surface area contributed by atoms with Gasteiger partial charge in [0, 0.05) is 32.2 Å². The van der Waals surface area contributed by atoms with E-state index in [4.69, 9.17) is 18.9 Å². The summed E-state index contributed by atoms with van der Waals surface area (Å²) in [7, 11) is 4.71. The van der Waals surface area contributed by atoms with Crippen molar-refractivity contribution >= 4 is 23.2 Å². The third-order valence-electron chi connectivity index (χ3n) is 5.20. The van der Waals surface area contributed by atoms with Crippen LogP contribution in [0.3, 0.4) is 0 Å². The Labute approximate surface area is 187 Å². The zero-order valence-corrected chi connectivity index (χ0v) is 18.6. The summed E-state index contributed by atoms with van der Waals surface area (Å²) in [5.74, 6) is 1.39. The topological polar surface area (TPSA) is 89.6 Å². The Bertz CT molecular complexity index is 928. The summed E-state index contributed by atoms with van der Waals surface area (Å²) in [6.45, 7) is 2.17. The van der Waals surface area contributed by atoms with E-state index in [1.165, 1.54) is 7.11 Å². The van der Waals surface area contributed by atoms with E-state index in [2.05, 4.69) is 10.2 Å². The summed E-state index contributed by atoms with van der Waals surface area (Å²) in [5, 5.41) is 2.71. The minimum atomic E-state index is -0.373. The van der Waals surface area contributed by atoms with Crippen molar-refractivity contribution in [3.05, 3.63) is 42.5 Å². The van der Waals surface area contributed by atoms with E-state index < -0.39 is 0 Å². The van der Waals surface area contributed by atoms with Crippen LogP contribution in [0.2, 0.25) is 0 Å². The van der Waals surface area contributed by atoms with Gasteiger partial charge in [-0.3, -0.25) is 9.59 Å². The van der Waals surface area contributed by atoms with Crippen LogP contribution in [0.4, 0.5) is 11.4 Å². The monoisotopic (exact) mass is 443 g/mol. The van der Waals surface area contributed by atoms with Gasteiger partial charge in [-0.05, 0) is 24.3 Å². The second-order valence-corrected chi connectivity index (χ2v) is 7.15. The average Bonchev–Trinajstić information content (AvgIpc) is 2.84. The number of nitrogens with one attached hydrogen (secondary N) is 1. The van der Waals surface area contributed by atoms with Crippen LogP contribution in [0.1, 0.15) is 0 Å². The van der Waals surface area contributed by atoms with Crippen LogP contribution in [-0.2, 0) is 14.3 Å². The van der Waals surface area contributed by atoms with Gasteiger partial charge < -0.3 is 34.1 Å². The first-order chi connectivity index (χ1) is 15.5. The maximum absolute atomic E-state index is 12.5. The lowest BCUT2D eigenvalue weighted by molar-refractivity contribution is -0.137. The van der Waals surface area contributed by atoms with Gasteiger partial charge in [0.15, 0.2) is 0 Å². The van der Waals surface area contributed by atoms with Crippen LogP contribution in [0.5, 0.6) is 17.2 Å². The zero-order chi connectivity index (χ0) is 22.9. The molecule has 3 rings (SSSR count). The predicted molar refractivity (Wildman–Crippen MR) is 121 cm³/mol. The van der Waals surface area contributed by atoms with Crippen LogP contribution < -0.4 is 24.4 Å². The first kappa shape index (κ1) is 23.2. The molecule has 9 heteroatoms. The van der Waals surface area contributed by atoms with Gasteiger partial charge in [-0.1, -0.05) is 12.1 Å². The minimum absolute atomic E-state index is 0.139. The van der Waals surface area contributed by atoms with Crippen LogP contribution in [-0.4, -0.2) is 77.4 Å². The predicted octanol–water partition coefficient (Wildman–Crippen LogP) is 2.02. The van der Waals surface area contributed by atoms with Gasteiger partial charge in [0.2, 0.25) is 11.8 Å². The molecule has 1 N–H and O–H groups in total. The highest BCUT2D eigenvalue weighted by Gasteiger charge is 2.23. The second kappa shape index (κ2) is 11.2. The molecule has 1 heterocycles. The van der Waals surface area contributed by atoms with Crippen molar-refractivity contribution < 1.29 is 28.5 Å². The number of para-hydroxylation sites is 2. The van der Waals surface area contributed by atoms with Gasteiger partial charge >= 0.3 is 0 Å². The molecule has 0 spiro atoms. The summed E-state index contributed by atoms with van der Waals surface area (Å²) < 4.78 is 21.2. The molecule has 0 bridgehead atoms. The number of amides is 2. The van der Waals surface area contributed by atoms with Gasteiger partial charge in [0.05, 0.1) is 32.7 Å². The highest BCUT2D eigenvalue weighted by Crippen LogP contribution is 2.29. The minimum Gasteiger partial charge on any atom is -0.497 e. The number of nitrogens with zero attached hydrogens (tertiary/aromatic N) is 2. The summed E-state index contributed by atoms with van der Waals surface area (Å²) >= 11 is 0. The molecular weight excluding hydrogens is 414 g/mol. The van der Waals surface area contributed by atoms with E-state index in [1.807, 2.05) is 24.3 Å². The number of carbonyl (C=O) groups is 2. The maximum Gasteiger partial charge on any atom is 0.250 e. The molecule has 0 radical (unpaired) electrons. The molecule has 0 aliphatic carbocycles. The molecule has 2 amide bonds. The van der Waals surface area contributed by atoms with Gasteiger partial charge in [-0.25, -0.2) is 0 Å². The number of piperazine rings is 1. The maximum atomic E-state index is 12.5. The number of anilines is 2.